The van der Waals surface area contributed by atoms with E-state index in [0.717, 1.165) is 5.57 Å². The fourth-order valence-corrected chi connectivity index (χ4v) is 1.32. The Morgan fingerprint density at radius 3 is 2.94 bits per heavy atom. The first-order valence-electron chi connectivity index (χ1n) is 5.12. The van der Waals surface area contributed by atoms with E-state index in [-0.39, 0.29) is 19.2 Å². The number of aliphatic hydroxyl groups excluding tert-OH is 2. The highest BCUT2D eigenvalue weighted by Gasteiger charge is 2.18. The summed E-state index contributed by atoms with van der Waals surface area (Å²) in [6.45, 7) is 1.65. The van der Waals surface area contributed by atoms with Crippen molar-refractivity contribution in [3.05, 3.63) is 35.6 Å². The molecule has 1 unspecified atom stereocenters. The average molecular weight is 224 g/mol. The van der Waals surface area contributed by atoms with Crippen LogP contribution in [-0.4, -0.2) is 29.4 Å². The van der Waals surface area contributed by atoms with Crippen LogP contribution in [0.4, 0.5) is 0 Å². The van der Waals surface area contributed by atoms with Gasteiger partial charge in [0.1, 0.15) is 0 Å². The lowest BCUT2D eigenvalue weighted by Crippen LogP contribution is -2.12. The van der Waals surface area contributed by atoms with E-state index in [1.165, 1.54) is 6.26 Å². The molecule has 16 heavy (non-hydrogen) atoms. The fourth-order valence-electron chi connectivity index (χ4n) is 1.32. The fraction of sp³-hybridized carbons (Fsp3) is 0.417. The Morgan fingerprint density at radius 2 is 2.31 bits per heavy atom. The molecule has 4 heteroatoms. The number of hydrogen-bond acceptors (Lipinski definition) is 4. The molecule has 0 spiro atoms. The van der Waals surface area contributed by atoms with E-state index in [4.69, 9.17) is 14.9 Å². The topological polar surface area (TPSA) is 66.8 Å². The van der Waals surface area contributed by atoms with Gasteiger partial charge in [-0.1, -0.05) is 17.7 Å². The maximum absolute atomic E-state index is 11.5. The standard InChI is InChI=1S/C12H16O4/c1-9(7-13)2-3-11-6-10(8-14)4-5-16-12(11)15/h2,4-6,11,13-14H,3,7-8H2,1H3/b9-2+. The second-order valence-electron chi connectivity index (χ2n) is 3.69. The number of aliphatic hydroxyl groups is 2. The SMILES string of the molecule is C/C(=C\CC1C=C(CO)C=COC1=O)CO. The molecule has 1 rings (SSSR count). The zero-order valence-corrected chi connectivity index (χ0v) is 9.22. The van der Waals surface area contributed by atoms with Crippen LogP contribution in [-0.2, 0) is 9.53 Å². The highest BCUT2D eigenvalue weighted by atomic mass is 16.5. The molecular formula is C12H16O4. The Balaban J connectivity index is 2.73. The Morgan fingerprint density at radius 1 is 1.56 bits per heavy atom. The third kappa shape index (κ3) is 3.64. The van der Waals surface area contributed by atoms with Crippen molar-refractivity contribution in [1.82, 2.24) is 0 Å². The van der Waals surface area contributed by atoms with E-state index in [2.05, 4.69) is 0 Å². The molecule has 1 aliphatic heterocycles. The van der Waals surface area contributed by atoms with Gasteiger partial charge in [0.2, 0.25) is 0 Å². The number of rotatable bonds is 4. The van der Waals surface area contributed by atoms with Gasteiger partial charge in [0.25, 0.3) is 0 Å². The molecule has 0 aromatic heterocycles. The van der Waals surface area contributed by atoms with Crippen molar-refractivity contribution in [2.24, 2.45) is 5.92 Å². The molecule has 0 fully saturated rings. The van der Waals surface area contributed by atoms with Gasteiger partial charge in [-0.05, 0) is 25.0 Å². The van der Waals surface area contributed by atoms with Crippen LogP contribution >= 0.6 is 0 Å². The number of carbonyl (C=O) groups excluding carboxylic acids is 1. The Kier molecular flexibility index (Phi) is 4.95. The van der Waals surface area contributed by atoms with Crippen molar-refractivity contribution in [1.29, 1.82) is 0 Å². The summed E-state index contributed by atoms with van der Waals surface area (Å²) >= 11 is 0. The van der Waals surface area contributed by atoms with Crippen LogP contribution in [0.25, 0.3) is 0 Å². The maximum atomic E-state index is 11.5. The number of allylic oxidation sites excluding steroid dienone is 1. The predicted molar refractivity (Wildman–Crippen MR) is 59.4 cm³/mol. The largest absolute Gasteiger partial charge is 0.434 e. The summed E-state index contributed by atoms with van der Waals surface area (Å²) in [5.41, 5.74) is 1.47. The van der Waals surface area contributed by atoms with E-state index in [1.54, 1.807) is 25.2 Å². The van der Waals surface area contributed by atoms with Gasteiger partial charge < -0.3 is 14.9 Å². The third-order valence-corrected chi connectivity index (χ3v) is 2.34. The Bertz CT molecular complexity index is 339. The molecule has 0 aliphatic carbocycles. The van der Waals surface area contributed by atoms with Gasteiger partial charge in [0, 0.05) is 0 Å². The molecule has 1 aliphatic rings. The summed E-state index contributed by atoms with van der Waals surface area (Å²) in [6, 6.07) is 0. The van der Waals surface area contributed by atoms with Crippen LogP contribution in [0.2, 0.25) is 0 Å². The minimum absolute atomic E-state index is 0.0173. The van der Waals surface area contributed by atoms with Crippen LogP contribution in [0, 0.1) is 5.92 Å². The predicted octanol–water partition coefficient (Wildman–Crippen LogP) is 0.921. The van der Waals surface area contributed by atoms with Gasteiger partial charge in [0.15, 0.2) is 0 Å². The molecule has 2 N–H and O–H groups in total. The summed E-state index contributed by atoms with van der Waals surface area (Å²) in [4.78, 5) is 11.5. The lowest BCUT2D eigenvalue weighted by molar-refractivity contribution is -0.140. The molecule has 1 heterocycles. The average Bonchev–Trinajstić information content (AvgIpc) is 2.48. The summed E-state index contributed by atoms with van der Waals surface area (Å²) < 4.78 is 4.84. The van der Waals surface area contributed by atoms with Gasteiger partial charge in [-0.15, -0.1) is 0 Å². The van der Waals surface area contributed by atoms with Crippen molar-refractivity contribution >= 4 is 5.97 Å². The molecule has 0 aromatic rings. The highest BCUT2D eigenvalue weighted by molar-refractivity contribution is 5.76. The van der Waals surface area contributed by atoms with E-state index < -0.39 is 5.92 Å². The van der Waals surface area contributed by atoms with Crippen molar-refractivity contribution in [3.63, 3.8) is 0 Å². The first-order chi connectivity index (χ1) is 7.67. The van der Waals surface area contributed by atoms with Crippen LogP contribution in [0.5, 0.6) is 0 Å². The molecule has 0 radical (unpaired) electrons. The van der Waals surface area contributed by atoms with Crippen molar-refractivity contribution < 1.29 is 19.7 Å². The molecule has 1 atom stereocenters. The summed E-state index contributed by atoms with van der Waals surface area (Å²) in [7, 11) is 0. The van der Waals surface area contributed by atoms with E-state index in [0.29, 0.717) is 12.0 Å². The van der Waals surface area contributed by atoms with E-state index in [1.807, 2.05) is 0 Å². The van der Waals surface area contributed by atoms with Crippen LogP contribution in [0.1, 0.15) is 13.3 Å². The van der Waals surface area contributed by atoms with Crippen molar-refractivity contribution in [2.75, 3.05) is 13.2 Å². The van der Waals surface area contributed by atoms with E-state index >= 15 is 0 Å². The molecule has 0 saturated carbocycles. The van der Waals surface area contributed by atoms with Crippen LogP contribution in [0.3, 0.4) is 0 Å². The number of ether oxygens (including phenoxy) is 1. The van der Waals surface area contributed by atoms with E-state index in [9.17, 15) is 4.79 Å². The number of cyclic esters (lactones) is 1. The molecule has 88 valence electrons. The summed E-state index contributed by atoms with van der Waals surface area (Å²) in [5.74, 6) is -0.750. The van der Waals surface area contributed by atoms with Crippen LogP contribution in [0.15, 0.2) is 35.6 Å². The zero-order chi connectivity index (χ0) is 12.0. The second-order valence-corrected chi connectivity index (χ2v) is 3.69. The quantitative estimate of drug-likeness (QED) is 0.550. The molecule has 0 saturated heterocycles. The lowest BCUT2D eigenvalue weighted by atomic mass is 10.0. The first-order valence-corrected chi connectivity index (χ1v) is 5.12. The molecule has 4 nitrogen and oxygen atoms in total. The minimum Gasteiger partial charge on any atom is -0.434 e. The minimum atomic E-state index is -0.404. The van der Waals surface area contributed by atoms with Gasteiger partial charge in [-0.3, -0.25) is 4.79 Å². The summed E-state index contributed by atoms with van der Waals surface area (Å²) in [5, 5.41) is 17.8. The van der Waals surface area contributed by atoms with Crippen LogP contribution < -0.4 is 0 Å². The number of carbonyl (C=O) groups is 1. The van der Waals surface area contributed by atoms with Crippen molar-refractivity contribution in [3.8, 4) is 0 Å². The molecule has 0 bridgehead atoms. The normalized spacial score (nSPS) is 21.4. The highest BCUT2D eigenvalue weighted by Crippen LogP contribution is 2.16. The molecule has 0 amide bonds. The first kappa shape index (κ1) is 12.7. The van der Waals surface area contributed by atoms with Gasteiger partial charge in [0.05, 0.1) is 25.4 Å². The maximum Gasteiger partial charge on any atom is 0.317 e. The Labute approximate surface area is 94.5 Å². The van der Waals surface area contributed by atoms with Gasteiger partial charge in [-0.2, -0.15) is 0 Å². The smallest absolute Gasteiger partial charge is 0.317 e. The molecule has 0 aromatic carbocycles. The van der Waals surface area contributed by atoms with Crippen molar-refractivity contribution in [2.45, 2.75) is 13.3 Å². The summed E-state index contributed by atoms with van der Waals surface area (Å²) in [6.07, 6.45) is 6.81. The zero-order valence-electron chi connectivity index (χ0n) is 9.22. The third-order valence-electron chi connectivity index (χ3n) is 2.34. The number of hydrogen-bond donors (Lipinski definition) is 2. The second kappa shape index (κ2) is 6.25. The van der Waals surface area contributed by atoms with Gasteiger partial charge in [-0.25, -0.2) is 0 Å². The Hall–Kier alpha value is -1.39. The lowest BCUT2D eigenvalue weighted by Gasteiger charge is -2.07. The monoisotopic (exact) mass is 224 g/mol. The number of esters is 1. The van der Waals surface area contributed by atoms with Gasteiger partial charge >= 0.3 is 5.97 Å². The molecular weight excluding hydrogens is 208 g/mol.